The van der Waals surface area contributed by atoms with Crippen molar-refractivity contribution in [2.45, 2.75) is 123 Å². The minimum atomic E-state index is -2.59. The quantitative estimate of drug-likeness (QED) is 0.414. The summed E-state index contributed by atoms with van der Waals surface area (Å²) in [6, 6.07) is 10.5. The molecule has 0 aromatic heterocycles. The first kappa shape index (κ1) is 28.2. The maximum absolute atomic E-state index is 2.81. The zero-order valence-corrected chi connectivity index (χ0v) is 27.9. The van der Waals surface area contributed by atoms with E-state index >= 15 is 0 Å². The van der Waals surface area contributed by atoms with E-state index in [0.717, 1.165) is 30.9 Å². The zero-order chi connectivity index (χ0) is 24.8. The van der Waals surface area contributed by atoms with Gasteiger partial charge in [0, 0.05) is 0 Å². The molecular weight excluding hydrogens is 607 g/mol. The van der Waals surface area contributed by atoms with Crippen LogP contribution in [0, 0.1) is 0 Å². The van der Waals surface area contributed by atoms with Crippen molar-refractivity contribution in [2.75, 3.05) is 0 Å². The number of fused-ring (bicyclic) bond motifs is 2. The Balaban J connectivity index is 0.00000132. The van der Waals surface area contributed by atoms with Crippen LogP contribution in [-0.4, -0.2) is 0 Å². The van der Waals surface area contributed by atoms with E-state index in [0.29, 0.717) is 0 Å². The Kier molecular flexibility index (Phi) is 7.63. The Morgan fingerprint density at radius 2 is 0.800 bits per heavy atom. The van der Waals surface area contributed by atoms with E-state index in [9.17, 15) is 0 Å². The molecule has 2 aromatic rings. The van der Waals surface area contributed by atoms with E-state index in [1.54, 1.807) is 41.6 Å². The molecule has 1 saturated heterocycles. The molecule has 40 heavy (non-hydrogen) atoms. The van der Waals surface area contributed by atoms with Crippen LogP contribution in [0.3, 0.4) is 0 Å². The van der Waals surface area contributed by atoms with Crippen LogP contribution in [0.4, 0.5) is 0 Å². The molecule has 0 radical (unpaired) electrons. The van der Waals surface area contributed by atoms with Gasteiger partial charge in [-0.15, -0.1) is 0 Å². The van der Waals surface area contributed by atoms with E-state index in [2.05, 4.69) is 48.6 Å². The molecular formula is C37H44Cl2Zr. The van der Waals surface area contributed by atoms with Crippen molar-refractivity contribution in [3.8, 4) is 0 Å². The van der Waals surface area contributed by atoms with E-state index in [1.165, 1.54) is 83.5 Å². The number of rotatable bonds is 6. The Morgan fingerprint density at radius 3 is 1.10 bits per heavy atom. The second-order valence-electron chi connectivity index (χ2n) is 14.4. The summed E-state index contributed by atoms with van der Waals surface area (Å²) in [4.78, 5) is 0. The van der Waals surface area contributed by atoms with Crippen molar-refractivity contribution in [1.82, 2.24) is 0 Å². The monoisotopic (exact) mass is 648 g/mol. The summed E-state index contributed by atoms with van der Waals surface area (Å²) in [5, 5.41) is 0. The number of hydrogen-bond acceptors (Lipinski definition) is 0. The van der Waals surface area contributed by atoms with Crippen LogP contribution in [0.2, 0.25) is 8.26 Å². The van der Waals surface area contributed by atoms with Gasteiger partial charge in [0.1, 0.15) is 0 Å². The molecule has 7 aliphatic rings. The molecule has 0 nitrogen and oxygen atoms in total. The molecule has 2 atom stereocenters. The van der Waals surface area contributed by atoms with Crippen molar-refractivity contribution in [3.63, 3.8) is 0 Å². The maximum atomic E-state index is 2.81. The SMILES string of the molecule is C1=C[CH]([Zr+2]2([CH]3C=Cc4c(C5CCC5)ccc(C5CCC5)c43)[CH2]C[CH2]2)c2c(C3CCC3)ccc(C3CCC3)c21.[Cl-].[Cl-]. The number of allylic oxidation sites excluding steroid dienone is 2. The fourth-order valence-electron chi connectivity index (χ4n) is 9.64. The molecule has 9 rings (SSSR count). The minimum Gasteiger partial charge on any atom is -1.00 e. The standard InChI is InChI=1S/2C17H19.C3H6.2ClH.Zr/c2*1-4-12(5-1)14-10-11-15(13-6-2-7-13)17-9-3-8-16(14)17;1-3-2;;;/h2*3,8-13H,1-2,4-7H2;1-3H2;2*1H;/q;;;;;+2/p-2. The Labute approximate surface area is 259 Å². The summed E-state index contributed by atoms with van der Waals surface area (Å²) in [6.45, 7) is 0. The third-order valence-corrected chi connectivity index (χ3v) is 27.7. The number of benzene rings is 2. The van der Waals surface area contributed by atoms with Crippen molar-refractivity contribution >= 4 is 12.2 Å². The minimum absolute atomic E-state index is 0. The number of halogens is 2. The van der Waals surface area contributed by atoms with Crippen LogP contribution in [0.1, 0.15) is 159 Å². The Morgan fingerprint density at radius 1 is 0.450 bits per heavy atom. The van der Waals surface area contributed by atoms with Gasteiger partial charge < -0.3 is 24.8 Å². The van der Waals surface area contributed by atoms with Gasteiger partial charge in [-0.3, -0.25) is 0 Å². The molecule has 4 saturated carbocycles. The number of hydrogen-bond donors (Lipinski definition) is 0. The summed E-state index contributed by atoms with van der Waals surface area (Å²) in [5.41, 5.74) is 14.3. The zero-order valence-electron chi connectivity index (χ0n) is 23.9. The van der Waals surface area contributed by atoms with Crippen molar-refractivity contribution in [2.24, 2.45) is 0 Å². The second kappa shape index (κ2) is 10.8. The molecule has 210 valence electrons. The second-order valence-corrected chi connectivity index (χ2v) is 26.0. The summed E-state index contributed by atoms with van der Waals surface area (Å²) in [7, 11) is 0. The largest absolute Gasteiger partial charge is 1.00 e. The summed E-state index contributed by atoms with van der Waals surface area (Å²) in [5.74, 6) is 3.40. The van der Waals surface area contributed by atoms with Gasteiger partial charge in [-0.2, -0.15) is 0 Å². The van der Waals surface area contributed by atoms with Crippen LogP contribution < -0.4 is 24.8 Å². The van der Waals surface area contributed by atoms with E-state index in [1.807, 2.05) is 11.1 Å². The molecule has 1 aliphatic heterocycles. The van der Waals surface area contributed by atoms with Gasteiger partial charge in [-0.05, 0) is 0 Å². The van der Waals surface area contributed by atoms with Gasteiger partial charge in [0.25, 0.3) is 0 Å². The Bertz CT molecular complexity index is 1250. The molecule has 2 unspecified atom stereocenters. The van der Waals surface area contributed by atoms with Gasteiger partial charge in [0.05, 0.1) is 0 Å². The average molecular weight is 651 g/mol. The summed E-state index contributed by atoms with van der Waals surface area (Å²) < 4.78 is 4.89. The van der Waals surface area contributed by atoms with Gasteiger partial charge in [0.15, 0.2) is 0 Å². The molecule has 6 aliphatic carbocycles. The normalized spacial score (nSPS) is 27.4. The molecule has 1 heterocycles. The van der Waals surface area contributed by atoms with Gasteiger partial charge in [-0.25, -0.2) is 0 Å². The predicted octanol–water partition coefficient (Wildman–Crippen LogP) is 4.99. The van der Waals surface area contributed by atoms with Crippen molar-refractivity contribution in [1.29, 1.82) is 0 Å². The maximum Gasteiger partial charge on any atom is -1.00 e. The van der Waals surface area contributed by atoms with Gasteiger partial charge >= 0.3 is 236 Å². The molecule has 0 amide bonds. The van der Waals surface area contributed by atoms with E-state index in [-0.39, 0.29) is 24.8 Å². The van der Waals surface area contributed by atoms with Crippen LogP contribution >= 0.6 is 0 Å². The smallest absolute Gasteiger partial charge is 1.00 e. The molecule has 0 N–H and O–H groups in total. The first-order valence-electron chi connectivity index (χ1n) is 16.5. The molecule has 0 bridgehead atoms. The predicted molar refractivity (Wildman–Crippen MR) is 157 cm³/mol. The van der Waals surface area contributed by atoms with Crippen molar-refractivity contribution in [3.05, 3.63) is 80.9 Å². The molecule has 3 heteroatoms. The molecule has 0 spiro atoms. The Hall–Kier alpha value is -0.617. The van der Waals surface area contributed by atoms with Crippen LogP contribution in [0.25, 0.3) is 12.2 Å². The average Bonchev–Trinajstić information content (AvgIpc) is 3.38. The summed E-state index contributed by atoms with van der Waals surface area (Å²) in [6.07, 6.45) is 29.7. The van der Waals surface area contributed by atoms with Crippen LogP contribution in [0.5, 0.6) is 0 Å². The van der Waals surface area contributed by atoms with Crippen molar-refractivity contribution < 1.29 is 45.1 Å². The van der Waals surface area contributed by atoms with E-state index in [4.69, 9.17) is 0 Å². The van der Waals surface area contributed by atoms with Gasteiger partial charge in [0.2, 0.25) is 0 Å². The third kappa shape index (κ3) is 3.99. The fraction of sp³-hybridized carbons (Fsp3) is 0.568. The fourth-order valence-corrected chi connectivity index (χ4v) is 23.3. The summed E-state index contributed by atoms with van der Waals surface area (Å²) >= 11 is -2.59. The molecule has 5 fully saturated rings. The molecule has 2 aromatic carbocycles. The van der Waals surface area contributed by atoms with Gasteiger partial charge in [-0.1, -0.05) is 0 Å². The van der Waals surface area contributed by atoms with E-state index < -0.39 is 20.3 Å². The van der Waals surface area contributed by atoms with Crippen LogP contribution in [-0.2, 0) is 20.3 Å². The first-order chi connectivity index (χ1) is 18.8. The topological polar surface area (TPSA) is 0 Å². The third-order valence-electron chi connectivity index (χ3n) is 12.9. The first-order valence-corrected chi connectivity index (χ1v) is 22.8. The van der Waals surface area contributed by atoms with Crippen LogP contribution in [0.15, 0.2) is 36.4 Å².